The Hall–Kier alpha value is -0.170. The first-order chi connectivity index (χ1) is 7.50. The standard InChI is InChI=1S/C10H22N2O3S/c1-9-8-16(13,14)5-4-12(9)10(6-11-2)7-15-3/h9-11H,4-8H2,1-3H3. The SMILES string of the molecule is CNCC(COC)N1CCS(=O)(=O)CC1C. The van der Waals surface area contributed by atoms with Gasteiger partial charge in [-0.3, -0.25) is 4.90 Å². The molecule has 0 amide bonds. The summed E-state index contributed by atoms with van der Waals surface area (Å²) in [4.78, 5) is 2.22. The third-order valence-electron chi connectivity index (χ3n) is 2.99. The van der Waals surface area contributed by atoms with Crippen molar-refractivity contribution in [1.29, 1.82) is 0 Å². The monoisotopic (exact) mass is 250 g/mol. The Morgan fingerprint density at radius 3 is 2.75 bits per heavy atom. The Balaban J connectivity index is 2.64. The summed E-state index contributed by atoms with van der Waals surface area (Å²) in [6.07, 6.45) is 0. The molecule has 2 unspecified atom stereocenters. The molecule has 0 aromatic heterocycles. The number of hydrogen-bond donors (Lipinski definition) is 1. The molecule has 0 aromatic carbocycles. The van der Waals surface area contributed by atoms with E-state index in [1.54, 1.807) is 7.11 Å². The molecule has 1 N–H and O–H groups in total. The van der Waals surface area contributed by atoms with Crippen LogP contribution in [0.25, 0.3) is 0 Å². The fraction of sp³-hybridized carbons (Fsp3) is 1.00. The van der Waals surface area contributed by atoms with E-state index >= 15 is 0 Å². The number of sulfone groups is 1. The van der Waals surface area contributed by atoms with E-state index in [0.717, 1.165) is 6.54 Å². The van der Waals surface area contributed by atoms with Gasteiger partial charge in [0, 0.05) is 32.3 Å². The summed E-state index contributed by atoms with van der Waals surface area (Å²) < 4.78 is 28.1. The van der Waals surface area contributed by atoms with E-state index in [-0.39, 0.29) is 23.6 Å². The summed E-state index contributed by atoms with van der Waals surface area (Å²) in [5.41, 5.74) is 0. The molecule has 96 valence electrons. The molecule has 1 saturated heterocycles. The predicted octanol–water partition coefficient (Wildman–Crippen LogP) is -0.660. The molecule has 0 aliphatic carbocycles. The topological polar surface area (TPSA) is 58.6 Å². The molecule has 0 bridgehead atoms. The van der Waals surface area contributed by atoms with Crippen LogP contribution in [0.1, 0.15) is 6.92 Å². The number of hydrogen-bond acceptors (Lipinski definition) is 5. The second-order valence-corrected chi connectivity index (χ2v) is 6.60. The number of ether oxygens (including phenoxy) is 1. The van der Waals surface area contributed by atoms with Gasteiger partial charge < -0.3 is 10.1 Å². The lowest BCUT2D eigenvalue weighted by Gasteiger charge is -2.39. The van der Waals surface area contributed by atoms with Crippen LogP contribution in [0.5, 0.6) is 0 Å². The molecule has 1 aliphatic heterocycles. The fourth-order valence-corrected chi connectivity index (χ4v) is 3.84. The van der Waals surface area contributed by atoms with E-state index in [0.29, 0.717) is 13.2 Å². The minimum absolute atomic E-state index is 0.0762. The molecule has 0 radical (unpaired) electrons. The molecule has 16 heavy (non-hydrogen) atoms. The van der Waals surface area contributed by atoms with Crippen molar-refractivity contribution >= 4 is 9.84 Å². The minimum Gasteiger partial charge on any atom is -0.383 e. The lowest BCUT2D eigenvalue weighted by atomic mass is 10.2. The third-order valence-corrected chi connectivity index (χ3v) is 4.78. The summed E-state index contributed by atoms with van der Waals surface area (Å²) in [6, 6.07) is 0.327. The van der Waals surface area contributed by atoms with Gasteiger partial charge in [0.15, 0.2) is 9.84 Å². The Kier molecular flexibility index (Phi) is 5.17. The number of nitrogens with one attached hydrogen (secondary N) is 1. The number of rotatable bonds is 5. The van der Waals surface area contributed by atoms with Crippen LogP contribution in [-0.2, 0) is 14.6 Å². The van der Waals surface area contributed by atoms with Crippen molar-refractivity contribution in [2.45, 2.75) is 19.0 Å². The largest absolute Gasteiger partial charge is 0.383 e. The molecular weight excluding hydrogens is 228 g/mol. The van der Waals surface area contributed by atoms with E-state index < -0.39 is 9.84 Å². The lowest BCUT2D eigenvalue weighted by molar-refractivity contribution is 0.0727. The Bertz CT molecular complexity index is 299. The van der Waals surface area contributed by atoms with Gasteiger partial charge in [-0.05, 0) is 14.0 Å². The molecule has 0 saturated carbocycles. The quantitative estimate of drug-likeness (QED) is 0.702. The van der Waals surface area contributed by atoms with Gasteiger partial charge in [0.1, 0.15) is 0 Å². The van der Waals surface area contributed by atoms with Crippen LogP contribution in [0.3, 0.4) is 0 Å². The van der Waals surface area contributed by atoms with E-state index in [4.69, 9.17) is 4.74 Å². The molecule has 6 heteroatoms. The normalized spacial score (nSPS) is 27.8. The van der Waals surface area contributed by atoms with E-state index in [1.165, 1.54) is 0 Å². The van der Waals surface area contributed by atoms with Crippen LogP contribution in [0.4, 0.5) is 0 Å². The maximum absolute atomic E-state index is 11.5. The highest BCUT2D eigenvalue weighted by molar-refractivity contribution is 7.91. The predicted molar refractivity (Wildman–Crippen MR) is 64.4 cm³/mol. The van der Waals surface area contributed by atoms with Crippen molar-refractivity contribution in [3.05, 3.63) is 0 Å². The molecule has 1 aliphatic rings. The molecular formula is C10H22N2O3S. The van der Waals surface area contributed by atoms with Crippen molar-refractivity contribution in [1.82, 2.24) is 10.2 Å². The zero-order valence-corrected chi connectivity index (χ0v) is 11.1. The highest BCUT2D eigenvalue weighted by Gasteiger charge is 2.32. The Labute approximate surface area is 98.1 Å². The fourth-order valence-electron chi connectivity index (χ4n) is 2.25. The molecule has 0 spiro atoms. The lowest BCUT2D eigenvalue weighted by Crippen LogP contribution is -2.55. The van der Waals surface area contributed by atoms with Crippen molar-refractivity contribution in [3.63, 3.8) is 0 Å². The zero-order valence-electron chi connectivity index (χ0n) is 10.3. The molecule has 1 fully saturated rings. The van der Waals surface area contributed by atoms with Gasteiger partial charge in [-0.25, -0.2) is 8.42 Å². The number of likely N-dealkylation sites (N-methyl/N-ethyl adjacent to an activating group) is 1. The smallest absolute Gasteiger partial charge is 0.153 e. The van der Waals surface area contributed by atoms with Crippen LogP contribution in [0.2, 0.25) is 0 Å². The summed E-state index contributed by atoms with van der Waals surface area (Å²) in [6.45, 7) is 4.03. The average molecular weight is 250 g/mol. The highest BCUT2D eigenvalue weighted by Crippen LogP contribution is 2.14. The zero-order chi connectivity index (χ0) is 12.2. The van der Waals surface area contributed by atoms with Gasteiger partial charge in [0.25, 0.3) is 0 Å². The summed E-state index contributed by atoms with van der Waals surface area (Å²) in [7, 11) is 0.740. The first kappa shape index (κ1) is 13.9. The average Bonchev–Trinajstić information content (AvgIpc) is 2.16. The van der Waals surface area contributed by atoms with Crippen LogP contribution in [0.15, 0.2) is 0 Å². The van der Waals surface area contributed by atoms with Crippen LogP contribution in [0, 0.1) is 0 Å². The third kappa shape index (κ3) is 3.69. The Morgan fingerprint density at radius 2 is 2.25 bits per heavy atom. The summed E-state index contributed by atoms with van der Waals surface area (Å²) in [5, 5.41) is 3.12. The van der Waals surface area contributed by atoms with Crippen molar-refractivity contribution < 1.29 is 13.2 Å². The molecule has 5 nitrogen and oxygen atoms in total. The molecule has 1 rings (SSSR count). The number of methoxy groups -OCH3 is 1. The summed E-state index contributed by atoms with van der Waals surface area (Å²) >= 11 is 0. The van der Waals surface area contributed by atoms with Crippen LogP contribution in [-0.4, -0.2) is 70.8 Å². The van der Waals surface area contributed by atoms with Gasteiger partial charge in [0.05, 0.1) is 18.1 Å². The molecule has 2 atom stereocenters. The van der Waals surface area contributed by atoms with Gasteiger partial charge in [-0.1, -0.05) is 0 Å². The van der Waals surface area contributed by atoms with E-state index in [1.807, 2.05) is 14.0 Å². The van der Waals surface area contributed by atoms with E-state index in [2.05, 4.69) is 10.2 Å². The maximum atomic E-state index is 11.5. The van der Waals surface area contributed by atoms with Crippen LogP contribution < -0.4 is 5.32 Å². The van der Waals surface area contributed by atoms with E-state index in [9.17, 15) is 8.42 Å². The second kappa shape index (κ2) is 5.95. The van der Waals surface area contributed by atoms with Crippen molar-refractivity contribution in [3.8, 4) is 0 Å². The van der Waals surface area contributed by atoms with Gasteiger partial charge in [-0.15, -0.1) is 0 Å². The maximum Gasteiger partial charge on any atom is 0.153 e. The summed E-state index contributed by atoms with van der Waals surface area (Å²) in [5.74, 6) is 0.526. The van der Waals surface area contributed by atoms with Crippen molar-refractivity contribution in [2.24, 2.45) is 0 Å². The first-order valence-electron chi connectivity index (χ1n) is 5.60. The van der Waals surface area contributed by atoms with Gasteiger partial charge in [0.2, 0.25) is 0 Å². The minimum atomic E-state index is -2.83. The first-order valence-corrected chi connectivity index (χ1v) is 7.42. The van der Waals surface area contributed by atoms with Crippen molar-refractivity contribution in [2.75, 3.05) is 45.4 Å². The highest BCUT2D eigenvalue weighted by atomic mass is 32.2. The Morgan fingerprint density at radius 1 is 1.56 bits per heavy atom. The van der Waals surface area contributed by atoms with Crippen LogP contribution >= 0.6 is 0 Å². The molecule has 1 heterocycles. The van der Waals surface area contributed by atoms with Gasteiger partial charge >= 0.3 is 0 Å². The second-order valence-electron chi connectivity index (χ2n) is 4.37. The molecule has 0 aromatic rings. The number of nitrogens with zero attached hydrogens (tertiary/aromatic N) is 1. The van der Waals surface area contributed by atoms with Gasteiger partial charge in [-0.2, -0.15) is 0 Å².